The number of thioether (sulfide) groups is 1. The van der Waals surface area contributed by atoms with Crippen molar-refractivity contribution in [2.75, 3.05) is 7.05 Å². The number of amides is 2. The predicted molar refractivity (Wildman–Crippen MR) is 98.4 cm³/mol. The Balaban J connectivity index is 2.01. The van der Waals surface area contributed by atoms with E-state index in [2.05, 4.69) is 0 Å². The molecule has 24 heavy (non-hydrogen) atoms. The zero-order valence-corrected chi connectivity index (χ0v) is 14.8. The molecular weight excluding hydrogens is 318 g/mol. The minimum atomic E-state index is -0.220. The van der Waals surface area contributed by atoms with Crippen molar-refractivity contribution < 1.29 is 9.59 Å². The molecule has 1 aliphatic heterocycles. The fourth-order valence-corrected chi connectivity index (χ4v) is 3.92. The monoisotopic (exact) mass is 337 g/mol. The van der Waals surface area contributed by atoms with Crippen molar-refractivity contribution in [2.24, 2.45) is 0 Å². The lowest BCUT2D eigenvalue weighted by Gasteiger charge is -2.09. The van der Waals surface area contributed by atoms with E-state index in [4.69, 9.17) is 0 Å². The summed E-state index contributed by atoms with van der Waals surface area (Å²) in [6.07, 6.45) is 0. The Morgan fingerprint density at radius 3 is 2.33 bits per heavy atom. The molecule has 0 radical (unpaired) electrons. The molecule has 0 N–H and O–H groups in total. The van der Waals surface area contributed by atoms with Crippen molar-refractivity contribution in [3.05, 3.63) is 75.7 Å². The molecule has 0 saturated carbocycles. The van der Waals surface area contributed by atoms with Gasteiger partial charge in [-0.1, -0.05) is 54.1 Å². The Morgan fingerprint density at radius 2 is 1.67 bits per heavy atom. The molecular formula is C20H19NO2S. The molecule has 0 unspecified atom stereocenters. The smallest absolute Gasteiger partial charge is 0.267 e. The highest BCUT2D eigenvalue weighted by molar-refractivity contribution is 8.03. The summed E-state index contributed by atoms with van der Waals surface area (Å²) in [6, 6.07) is 15.9. The van der Waals surface area contributed by atoms with Gasteiger partial charge in [-0.15, -0.1) is 11.8 Å². The molecule has 0 spiro atoms. The fourth-order valence-electron chi connectivity index (χ4n) is 2.81. The number of nitrogens with zero attached hydrogens (tertiary/aromatic N) is 1. The Labute approximate surface area is 146 Å². The summed E-state index contributed by atoms with van der Waals surface area (Å²) in [5, 5.41) is 0. The van der Waals surface area contributed by atoms with Crippen LogP contribution < -0.4 is 0 Å². The standard InChI is InChI=1S/C20H19NO2S/c1-13-9-10-16(14(2)11-13)17-18(20(23)21(3)19(17)22)24-12-15-7-5-4-6-8-15/h4-11H,12H2,1-3H3. The predicted octanol–water partition coefficient (Wildman–Crippen LogP) is 3.95. The molecule has 2 aromatic carbocycles. The van der Waals surface area contributed by atoms with E-state index >= 15 is 0 Å². The van der Waals surface area contributed by atoms with Gasteiger partial charge < -0.3 is 0 Å². The molecule has 0 fully saturated rings. The first-order valence-corrected chi connectivity index (χ1v) is 8.78. The van der Waals surface area contributed by atoms with Crippen molar-refractivity contribution in [1.82, 2.24) is 4.90 Å². The molecule has 2 aromatic rings. The van der Waals surface area contributed by atoms with E-state index in [1.165, 1.54) is 16.7 Å². The van der Waals surface area contributed by atoms with Gasteiger partial charge >= 0.3 is 0 Å². The topological polar surface area (TPSA) is 37.4 Å². The maximum absolute atomic E-state index is 12.6. The lowest BCUT2D eigenvalue weighted by atomic mass is 9.99. The van der Waals surface area contributed by atoms with Crippen LogP contribution >= 0.6 is 11.8 Å². The third-order valence-corrected chi connectivity index (χ3v) is 5.27. The van der Waals surface area contributed by atoms with Gasteiger partial charge in [0.15, 0.2) is 0 Å². The van der Waals surface area contributed by atoms with Crippen LogP contribution in [0.4, 0.5) is 0 Å². The van der Waals surface area contributed by atoms with Gasteiger partial charge in [-0.2, -0.15) is 0 Å². The molecule has 1 aliphatic rings. The van der Waals surface area contributed by atoms with Crippen LogP contribution in [0.25, 0.3) is 5.57 Å². The molecule has 122 valence electrons. The second-order valence-electron chi connectivity index (χ2n) is 5.97. The maximum atomic E-state index is 12.6. The lowest BCUT2D eigenvalue weighted by Crippen LogP contribution is -2.26. The highest BCUT2D eigenvalue weighted by atomic mass is 32.2. The van der Waals surface area contributed by atoms with Crippen LogP contribution in [0, 0.1) is 13.8 Å². The molecule has 0 aromatic heterocycles. The van der Waals surface area contributed by atoms with Crippen LogP contribution in [-0.4, -0.2) is 23.8 Å². The molecule has 0 aliphatic carbocycles. The number of imide groups is 1. The summed E-state index contributed by atoms with van der Waals surface area (Å²) < 4.78 is 0. The van der Waals surface area contributed by atoms with Crippen molar-refractivity contribution in [1.29, 1.82) is 0 Å². The second-order valence-corrected chi connectivity index (χ2v) is 6.95. The van der Waals surface area contributed by atoms with E-state index < -0.39 is 0 Å². The third-order valence-electron chi connectivity index (χ3n) is 4.12. The van der Waals surface area contributed by atoms with E-state index in [0.717, 1.165) is 22.3 Å². The van der Waals surface area contributed by atoms with E-state index in [-0.39, 0.29) is 11.8 Å². The van der Waals surface area contributed by atoms with Gasteiger partial charge in [-0.3, -0.25) is 14.5 Å². The van der Waals surface area contributed by atoms with E-state index in [9.17, 15) is 9.59 Å². The summed E-state index contributed by atoms with van der Waals surface area (Å²) in [5.41, 5.74) is 4.66. The Kier molecular flexibility index (Phi) is 4.58. The van der Waals surface area contributed by atoms with Crippen molar-refractivity contribution in [3.8, 4) is 0 Å². The van der Waals surface area contributed by atoms with Crippen LogP contribution in [0.1, 0.15) is 22.3 Å². The van der Waals surface area contributed by atoms with Crippen molar-refractivity contribution >= 4 is 29.1 Å². The van der Waals surface area contributed by atoms with E-state index in [0.29, 0.717) is 16.2 Å². The van der Waals surface area contributed by atoms with E-state index in [1.807, 2.05) is 62.4 Å². The van der Waals surface area contributed by atoms with Crippen molar-refractivity contribution in [2.45, 2.75) is 19.6 Å². The number of aryl methyl sites for hydroxylation is 2. The van der Waals surface area contributed by atoms with Gasteiger partial charge in [0.05, 0.1) is 10.5 Å². The average Bonchev–Trinajstić information content (AvgIpc) is 2.78. The molecule has 4 heteroatoms. The highest BCUT2D eigenvalue weighted by Crippen LogP contribution is 2.38. The first kappa shape index (κ1) is 16.5. The Hall–Kier alpha value is -2.33. The molecule has 0 bridgehead atoms. The number of benzene rings is 2. The Bertz CT molecular complexity index is 840. The molecule has 0 saturated heterocycles. The summed E-state index contributed by atoms with van der Waals surface area (Å²) >= 11 is 1.44. The van der Waals surface area contributed by atoms with Crippen molar-refractivity contribution in [3.63, 3.8) is 0 Å². The SMILES string of the molecule is Cc1ccc(C2=C(SCc3ccccc3)C(=O)N(C)C2=O)c(C)c1. The van der Waals surface area contributed by atoms with Crippen LogP contribution in [0.2, 0.25) is 0 Å². The van der Waals surface area contributed by atoms with Crippen LogP contribution in [0.15, 0.2) is 53.4 Å². The molecule has 1 heterocycles. The molecule has 3 rings (SSSR count). The molecule has 2 amide bonds. The van der Waals surface area contributed by atoms with Gasteiger partial charge in [-0.25, -0.2) is 0 Å². The van der Waals surface area contributed by atoms with Crippen LogP contribution in [0.5, 0.6) is 0 Å². The number of carbonyl (C=O) groups excluding carboxylic acids is 2. The number of rotatable bonds is 4. The van der Waals surface area contributed by atoms with Gasteiger partial charge in [-0.05, 0) is 30.5 Å². The second kappa shape index (κ2) is 6.65. The largest absolute Gasteiger partial charge is 0.277 e. The quantitative estimate of drug-likeness (QED) is 0.793. The van der Waals surface area contributed by atoms with Gasteiger partial charge in [0.1, 0.15) is 0 Å². The first-order chi connectivity index (χ1) is 11.5. The Morgan fingerprint density at radius 1 is 0.958 bits per heavy atom. The number of hydrogen-bond donors (Lipinski definition) is 0. The average molecular weight is 337 g/mol. The lowest BCUT2D eigenvalue weighted by molar-refractivity contribution is -0.134. The van der Waals surface area contributed by atoms with Gasteiger partial charge in [0.2, 0.25) is 0 Å². The third kappa shape index (κ3) is 3.02. The summed E-state index contributed by atoms with van der Waals surface area (Å²) in [5.74, 6) is 0.232. The summed E-state index contributed by atoms with van der Waals surface area (Å²) in [4.78, 5) is 26.9. The van der Waals surface area contributed by atoms with Crippen LogP contribution in [0.3, 0.4) is 0 Å². The number of hydrogen-bond acceptors (Lipinski definition) is 3. The van der Waals surface area contributed by atoms with Gasteiger partial charge in [0, 0.05) is 12.8 Å². The highest BCUT2D eigenvalue weighted by Gasteiger charge is 2.37. The zero-order valence-electron chi connectivity index (χ0n) is 14.0. The normalized spacial score (nSPS) is 14.7. The first-order valence-electron chi connectivity index (χ1n) is 7.80. The summed E-state index contributed by atoms with van der Waals surface area (Å²) in [6.45, 7) is 3.99. The fraction of sp³-hybridized carbons (Fsp3) is 0.200. The molecule has 3 nitrogen and oxygen atoms in total. The zero-order chi connectivity index (χ0) is 17.3. The molecule has 0 atom stereocenters. The number of carbonyl (C=O) groups is 2. The minimum absolute atomic E-state index is 0.212. The number of likely N-dealkylation sites (N-methyl/N-ethyl adjacent to an activating group) is 1. The minimum Gasteiger partial charge on any atom is -0.277 e. The summed E-state index contributed by atoms with van der Waals surface area (Å²) in [7, 11) is 1.55. The maximum Gasteiger partial charge on any atom is 0.267 e. The van der Waals surface area contributed by atoms with Gasteiger partial charge in [0.25, 0.3) is 11.8 Å². The van der Waals surface area contributed by atoms with E-state index in [1.54, 1.807) is 7.05 Å². The van der Waals surface area contributed by atoms with Crippen LogP contribution in [-0.2, 0) is 15.3 Å².